The largest absolute Gasteiger partial charge is 0.352 e. The fourth-order valence-electron chi connectivity index (χ4n) is 5.09. The van der Waals surface area contributed by atoms with Gasteiger partial charge in [-0.15, -0.1) is 0 Å². The van der Waals surface area contributed by atoms with Crippen molar-refractivity contribution in [2.24, 2.45) is 5.92 Å². The van der Waals surface area contributed by atoms with E-state index in [0.717, 1.165) is 25.7 Å². The maximum absolute atomic E-state index is 13.4. The fraction of sp³-hybridized carbons (Fsp3) is 0.500. The summed E-state index contributed by atoms with van der Waals surface area (Å²) in [6, 6.07) is 11.4. The van der Waals surface area contributed by atoms with Gasteiger partial charge in [-0.3, -0.25) is 9.59 Å². The van der Waals surface area contributed by atoms with Crippen LogP contribution < -0.4 is 5.32 Å². The SMILES string of the molecule is CN(C)C(CNC(=O)C1CC2CCCCC2N1C(=O)c1ccccc1)c1ccsc1. The molecule has 2 aliphatic rings. The van der Waals surface area contributed by atoms with Gasteiger partial charge in [0.15, 0.2) is 0 Å². The van der Waals surface area contributed by atoms with Gasteiger partial charge in [0.2, 0.25) is 5.91 Å². The summed E-state index contributed by atoms with van der Waals surface area (Å²) < 4.78 is 0. The molecule has 0 bridgehead atoms. The first kappa shape index (κ1) is 21.1. The number of rotatable bonds is 6. The van der Waals surface area contributed by atoms with Crippen LogP contribution in [0.3, 0.4) is 0 Å². The van der Waals surface area contributed by atoms with Crippen LogP contribution in [0.15, 0.2) is 47.2 Å². The van der Waals surface area contributed by atoms with Gasteiger partial charge in [-0.25, -0.2) is 0 Å². The first-order valence-corrected chi connectivity index (χ1v) is 11.8. The molecule has 4 rings (SSSR count). The van der Waals surface area contributed by atoms with E-state index in [1.807, 2.05) is 49.3 Å². The molecule has 2 fully saturated rings. The van der Waals surface area contributed by atoms with Gasteiger partial charge in [-0.05, 0) is 73.8 Å². The second-order valence-corrected chi connectivity index (χ2v) is 9.50. The molecule has 160 valence electrons. The van der Waals surface area contributed by atoms with Crippen LogP contribution in [0.1, 0.15) is 54.1 Å². The Kier molecular flexibility index (Phi) is 6.54. The lowest BCUT2D eigenvalue weighted by Gasteiger charge is -2.34. The van der Waals surface area contributed by atoms with Crippen LogP contribution in [0.4, 0.5) is 0 Å². The molecular weight excluding hydrogens is 394 g/mol. The third-order valence-electron chi connectivity index (χ3n) is 6.67. The molecule has 1 aromatic carbocycles. The van der Waals surface area contributed by atoms with E-state index in [1.54, 1.807) is 11.3 Å². The van der Waals surface area contributed by atoms with Crippen molar-refractivity contribution in [1.29, 1.82) is 0 Å². The van der Waals surface area contributed by atoms with Gasteiger partial charge in [0.05, 0.1) is 6.04 Å². The minimum absolute atomic E-state index is 0.00727. The number of nitrogens with zero attached hydrogens (tertiary/aromatic N) is 2. The number of benzene rings is 1. The zero-order valence-corrected chi connectivity index (χ0v) is 18.6. The Morgan fingerprint density at radius 2 is 1.93 bits per heavy atom. The molecule has 1 saturated carbocycles. The van der Waals surface area contributed by atoms with Crippen LogP contribution in [0, 0.1) is 5.92 Å². The van der Waals surface area contributed by atoms with E-state index in [4.69, 9.17) is 0 Å². The molecule has 1 aliphatic heterocycles. The number of amides is 2. The number of hydrogen-bond acceptors (Lipinski definition) is 4. The van der Waals surface area contributed by atoms with Gasteiger partial charge in [-0.1, -0.05) is 31.0 Å². The highest BCUT2D eigenvalue weighted by Gasteiger charge is 2.47. The van der Waals surface area contributed by atoms with Gasteiger partial charge in [0.1, 0.15) is 6.04 Å². The fourth-order valence-corrected chi connectivity index (χ4v) is 5.80. The van der Waals surface area contributed by atoms with Gasteiger partial charge in [-0.2, -0.15) is 11.3 Å². The van der Waals surface area contributed by atoms with Crippen LogP contribution in [-0.4, -0.2) is 54.3 Å². The third kappa shape index (κ3) is 4.30. The van der Waals surface area contributed by atoms with Crippen molar-refractivity contribution in [3.05, 3.63) is 58.3 Å². The first-order chi connectivity index (χ1) is 14.6. The highest BCUT2D eigenvalue weighted by Crippen LogP contribution is 2.40. The summed E-state index contributed by atoms with van der Waals surface area (Å²) in [5.74, 6) is 0.409. The Labute approximate surface area is 183 Å². The Balaban J connectivity index is 1.51. The number of nitrogens with one attached hydrogen (secondary N) is 1. The monoisotopic (exact) mass is 425 g/mol. The van der Waals surface area contributed by atoms with Crippen molar-refractivity contribution in [3.8, 4) is 0 Å². The topological polar surface area (TPSA) is 52.7 Å². The standard InChI is InChI=1S/C24H31N3O2S/c1-26(2)22(19-12-13-30-16-19)15-25-23(28)21-14-18-10-6-7-11-20(18)27(21)24(29)17-8-4-3-5-9-17/h3-5,8-9,12-13,16,18,20-22H,6-7,10-11,14-15H2,1-2H3,(H,25,28). The molecule has 1 saturated heterocycles. The zero-order valence-electron chi connectivity index (χ0n) is 17.8. The van der Waals surface area contributed by atoms with E-state index in [1.165, 1.54) is 12.0 Å². The van der Waals surface area contributed by atoms with E-state index in [0.29, 0.717) is 18.0 Å². The van der Waals surface area contributed by atoms with E-state index >= 15 is 0 Å². The van der Waals surface area contributed by atoms with Crippen LogP contribution in [0.25, 0.3) is 0 Å². The maximum atomic E-state index is 13.4. The number of carbonyl (C=O) groups is 2. The second kappa shape index (κ2) is 9.31. The van der Waals surface area contributed by atoms with Crippen molar-refractivity contribution in [2.75, 3.05) is 20.6 Å². The van der Waals surface area contributed by atoms with Crippen LogP contribution in [0.5, 0.6) is 0 Å². The van der Waals surface area contributed by atoms with Gasteiger partial charge in [0, 0.05) is 18.2 Å². The van der Waals surface area contributed by atoms with Crippen LogP contribution in [-0.2, 0) is 4.79 Å². The van der Waals surface area contributed by atoms with Gasteiger partial charge in [0.25, 0.3) is 5.91 Å². The predicted molar refractivity (Wildman–Crippen MR) is 121 cm³/mol. The minimum atomic E-state index is -0.379. The summed E-state index contributed by atoms with van der Waals surface area (Å²) in [5, 5.41) is 7.37. The predicted octanol–water partition coefficient (Wildman–Crippen LogP) is 3.94. The number of hydrogen-bond donors (Lipinski definition) is 1. The number of likely N-dealkylation sites (N-methyl/N-ethyl adjacent to an activating group) is 1. The molecule has 1 aliphatic carbocycles. The summed E-state index contributed by atoms with van der Waals surface area (Å²) in [7, 11) is 4.06. The third-order valence-corrected chi connectivity index (χ3v) is 7.37. The Bertz CT molecular complexity index is 853. The molecule has 4 atom stereocenters. The van der Waals surface area contributed by atoms with E-state index < -0.39 is 0 Å². The molecule has 0 spiro atoms. The number of fused-ring (bicyclic) bond motifs is 1. The zero-order chi connectivity index (χ0) is 21.1. The molecule has 2 aromatic rings. The van der Waals surface area contributed by atoms with Gasteiger partial charge >= 0.3 is 0 Å². The summed E-state index contributed by atoms with van der Waals surface area (Å²) >= 11 is 1.67. The molecule has 0 radical (unpaired) electrons. The Morgan fingerprint density at radius 3 is 2.63 bits per heavy atom. The molecule has 30 heavy (non-hydrogen) atoms. The lowest BCUT2D eigenvalue weighted by atomic mass is 9.84. The normalized spacial score (nSPS) is 24.5. The summed E-state index contributed by atoms with van der Waals surface area (Å²) in [4.78, 5) is 30.7. The molecule has 2 heterocycles. The maximum Gasteiger partial charge on any atom is 0.254 e. The van der Waals surface area contributed by atoms with Gasteiger partial charge < -0.3 is 15.1 Å². The second-order valence-electron chi connectivity index (χ2n) is 8.72. The Hall–Kier alpha value is -2.18. The minimum Gasteiger partial charge on any atom is -0.352 e. The summed E-state index contributed by atoms with van der Waals surface area (Å²) in [5.41, 5.74) is 1.88. The van der Waals surface area contributed by atoms with Crippen molar-refractivity contribution in [3.63, 3.8) is 0 Å². The van der Waals surface area contributed by atoms with Crippen molar-refractivity contribution < 1.29 is 9.59 Å². The van der Waals surface area contributed by atoms with Crippen molar-refractivity contribution in [1.82, 2.24) is 15.1 Å². The highest BCUT2D eigenvalue weighted by atomic mass is 32.1. The summed E-state index contributed by atoms with van der Waals surface area (Å²) in [6.45, 7) is 0.543. The summed E-state index contributed by atoms with van der Waals surface area (Å²) in [6.07, 6.45) is 5.23. The van der Waals surface area contributed by atoms with E-state index in [-0.39, 0.29) is 29.9 Å². The molecular formula is C24H31N3O2S. The number of likely N-dealkylation sites (tertiary alicyclic amines) is 1. The smallest absolute Gasteiger partial charge is 0.254 e. The van der Waals surface area contributed by atoms with E-state index in [2.05, 4.69) is 27.0 Å². The molecule has 6 heteroatoms. The highest BCUT2D eigenvalue weighted by molar-refractivity contribution is 7.07. The molecule has 1 aromatic heterocycles. The molecule has 2 amide bonds. The molecule has 4 unspecified atom stereocenters. The lowest BCUT2D eigenvalue weighted by Crippen LogP contribution is -2.50. The Morgan fingerprint density at radius 1 is 1.17 bits per heavy atom. The van der Waals surface area contributed by atoms with Crippen molar-refractivity contribution >= 4 is 23.2 Å². The number of carbonyl (C=O) groups excluding carboxylic acids is 2. The molecule has 1 N–H and O–H groups in total. The van der Waals surface area contributed by atoms with E-state index in [9.17, 15) is 9.59 Å². The molecule has 5 nitrogen and oxygen atoms in total. The van der Waals surface area contributed by atoms with Crippen LogP contribution >= 0.6 is 11.3 Å². The number of thiophene rings is 1. The average Bonchev–Trinajstić information content (AvgIpc) is 3.42. The lowest BCUT2D eigenvalue weighted by molar-refractivity contribution is -0.125. The average molecular weight is 426 g/mol. The first-order valence-electron chi connectivity index (χ1n) is 10.9. The van der Waals surface area contributed by atoms with Crippen molar-refractivity contribution in [2.45, 2.75) is 50.2 Å². The quantitative estimate of drug-likeness (QED) is 0.763. The van der Waals surface area contributed by atoms with Crippen LogP contribution in [0.2, 0.25) is 0 Å².